The highest BCUT2D eigenvalue weighted by atomic mass is 32.1. The van der Waals surface area contributed by atoms with E-state index in [4.69, 9.17) is 5.11 Å². The summed E-state index contributed by atoms with van der Waals surface area (Å²) >= 11 is 0.928. The van der Waals surface area contributed by atoms with Gasteiger partial charge in [0.05, 0.1) is 12.2 Å². The van der Waals surface area contributed by atoms with E-state index in [0.29, 0.717) is 6.54 Å². The fraction of sp³-hybridized carbons (Fsp3) is 0.231. The zero-order valence-corrected chi connectivity index (χ0v) is 11.6. The molecule has 0 saturated heterocycles. The Hall–Kier alpha value is -2.28. The van der Waals surface area contributed by atoms with Crippen molar-refractivity contribution in [1.29, 1.82) is 0 Å². The number of nitrogens with one attached hydrogen (secondary N) is 1. The lowest BCUT2D eigenvalue weighted by molar-refractivity contribution is 0.0696. The molecule has 0 atom stereocenters. The van der Waals surface area contributed by atoms with Crippen molar-refractivity contribution in [3.8, 4) is 0 Å². The molecular weight excluding hydrogens is 278 g/mol. The van der Waals surface area contributed by atoms with E-state index in [-0.39, 0.29) is 10.7 Å². The average molecular weight is 291 g/mol. The summed E-state index contributed by atoms with van der Waals surface area (Å²) in [6.45, 7) is 2.31. The lowest BCUT2D eigenvalue weighted by Gasteiger charge is -2.07. The van der Waals surface area contributed by atoms with E-state index in [2.05, 4.69) is 15.3 Å². The van der Waals surface area contributed by atoms with Gasteiger partial charge in [-0.1, -0.05) is 13.0 Å². The molecule has 0 aliphatic carbocycles. The van der Waals surface area contributed by atoms with E-state index in [1.165, 1.54) is 5.38 Å². The topological polar surface area (TPSA) is 92.2 Å². The summed E-state index contributed by atoms with van der Waals surface area (Å²) in [5.74, 6) is -1.53. The van der Waals surface area contributed by atoms with Crippen LogP contribution in [-0.2, 0) is 13.0 Å². The maximum atomic E-state index is 11.9. The van der Waals surface area contributed by atoms with Crippen LogP contribution in [-0.4, -0.2) is 27.0 Å². The Morgan fingerprint density at radius 3 is 2.90 bits per heavy atom. The van der Waals surface area contributed by atoms with E-state index in [1.54, 1.807) is 6.20 Å². The van der Waals surface area contributed by atoms with Gasteiger partial charge in [0.15, 0.2) is 0 Å². The lowest BCUT2D eigenvalue weighted by atomic mass is 10.1. The Morgan fingerprint density at radius 1 is 1.45 bits per heavy atom. The summed E-state index contributed by atoms with van der Waals surface area (Å²) in [5, 5.41) is 12.8. The third-order valence-electron chi connectivity index (χ3n) is 2.70. The van der Waals surface area contributed by atoms with E-state index in [1.807, 2.05) is 19.1 Å². The Kier molecular flexibility index (Phi) is 4.41. The van der Waals surface area contributed by atoms with Crippen LogP contribution in [0.2, 0.25) is 0 Å². The van der Waals surface area contributed by atoms with Gasteiger partial charge >= 0.3 is 5.97 Å². The van der Waals surface area contributed by atoms with E-state index in [0.717, 1.165) is 29.0 Å². The van der Waals surface area contributed by atoms with Gasteiger partial charge in [0.1, 0.15) is 5.69 Å². The number of hydrogen-bond donors (Lipinski definition) is 2. The number of aryl methyl sites for hydroxylation is 1. The molecule has 0 aliphatic rings. The van der Waals surface area contributed by atoms with Crippen molar-refractivity contribution in [1.82, 2.24) is 15.3 Å². The molecule has 20 heavy (non-hydrogen) atoms. The average Bonchev–Trinajstić information content (AvgIpc) is 2.95. The number of amides is 1. The number of aromatic nitrogens is 2. The van der Waals surface area contributed by atoms with Crippen LogP contribution in [0.15, 0.2) is 23.7 Å². The molecule has 0 radical (unpaired) electrons. The molecule has 0 aromatic carbocycles. The molecule has 6 nitrogen and oxygen atoms in total. The Balaban J connectivity index is 2.03. The van der Waals surface area contributed by atoms with Gasteiger partial charge in [-0.25, -0.2) is 9.78 Å². The third kappa shape index (κ3) is 3.18. The van der Waals surface area contributed by atoms with Crippen LogP contribution in [0.1, 0.15) is 38.5 Å². The molecule has 2 rings (SSSR count). The maximum Gasteiger partial charge on any atom is 0.365 e. The van der Waals surface area contributed by atoms with Gasteiger partial charge in [0.2, 0.25) is 5.01 Å². The van der Waals surface area contributed by atoms with Crippen molar-refractivity contribution in [3.05, 3.63) is 45.7 Å². The minimum atomic E-state index is -1.13. The first-order valence-corrected chi connectivity index (χ1v) is 6.89. The second-order valence-electron chi connectivity index (χ2n) is 3.99. The highest BCUT2D eigenvalue weighted by Gasteiger charge is 2.14. The maximum absolute atomic E-state index is 11.9. The molecule has 2 aromatic rings. The molecule has 1 amide bonds. The van der Waals surface area contributed by atoms with Crippen molar-refractivity contribution in [3.63, 3.8) is 0 Å². The second-order valence-corrected chi connectivity index (χ2v) is 4.85. The van der Waals surface area contributed by atoms with Crippen LogP contribution in [0.4, 0.5) is 0 Å². The van der Waals surface area contributed by atoms with Gasteiger partial charge in [0, 0.05) is 11.6 Å². The molecule has 0 aliphatic heterocycles. The number of pyridine rings is 1. The molecular formula is C13H13N3O3S. The summed E-state index contributed by atoms with van der Waals surface area (Å²) < 4.78 is 0. The number of carboxylic acids is 1. The van der Waals surface area contributed by atoms with Gasteiger partial charge < -0.3 is 10.4 Å². The number of rotatable bonds is 5. The first kappa shape index (κ1) is 14.1. The summed E-state index contributed by atoms with van der Waals surface area (Å²) in [5.41, 5.74) is 1.98. The zero-order valence-electron chi connectivity index (χ0n) is 10.8. The van der Waals surface area contributed by atoms with Crippen molar-refractivity contribution < 1.29 is 14.7 Å². The highest BCUT2D eigenvalue weighted by molar-refractivity contribution is 7.11. The number of carbonyl (C=O) groups is 2. The number of thiazole rings is 1. The Labute approximate surface area is 119 Å². The molecule has 7 heteroatoms. The molecule has 2 N–H and O–H groups in total. The van der Waals surface area contributed by atoms with E-state index >= 15 is 0 Å². The second kappa shape index (κ2) is 6.25. The van der Waals surface area contributed by atoms with Crippen molar-refractivity contribution >= 4 is 23.2 Å². The third-order valence-corrected chi connectivity index (χ3v) is 3.53. The SMILES string of the molecule is CCc1cccnc1CNC(=O)c1csc(C(=O)O)n1. The molecule has 0 unspecified atom stereocenters. The minimum absolute atomic E-state index is 0.0952. The van der Waals surface area contributed by atoms with Crippen LogP contribution in [0, 0.1) is 0 Å². The summed E-state index contributed by atoms with van der Waals surface area (Å²) in [7, 11) is 0. The predicted octanol–water partition coefficient (Wildman–Crippen LogP) is 1.73. The van der Waals surface area contributed by atoms with Crippen molar-refractivity contribution in [2.45, 2.75) is 19.9 Å². The summed E-state index contributed by atoms with van der Waals surface area (Å²) in [6.07, 6.45) is 2.50. The first-order valence-electron chi connectivity index (χ1n) is 6.01. The molecule has 2 heterocycles. The Bertz CT molecular complexity index is 639. The lowest BCUT2D eigenvalue weighted by Crippen LogP contribution is -2.24. The zero-order chi connectivity index (χ0) is 14.5. The monoisotopic (exact) mass is 291 g/mol. The first-order chi connectivity index (χ1) is 9.61. The smallest absolute Gasteiger partial charge is 0.365 e. The number of aromatic carboxylic acids is 1. The largest absolute Gasteiger partial charge is 0.476 e. The minimum Gasteiger partial charge on any atom is -0.476 e. The van der Waals surface area contributed by atoms with Crippen molar-refractivity contribution in [2.75, 3.05) is 0 Å². The van der Waals surface area contributed by atoms with E-state index in [9.17, 15) is 9.59 Å². The molecule has 0 saturated carbocycles. The van der Waals surface area contributed by atoms with Gasteiger partial charge in [0.25, 0.3) is 5.91 Å². The number of carbonyl (C=O) groups excluding carboxylic acids is 1. The quantitative estimate of drug-likeness (QED) is 0.875. The normalized spacial score (nSPS) is 10.2. The molecule has 0 bridgehead atoms. The van der Waals surface area contributed by atoms with Gasteiger partial charge in [-0.05, 0) is 18.1 Å². The number of carboxylic acid groups (broad SMARTS) is 1. The fourth-order valence-corrected chi connectivity index (χ4v) is 2.32. The Morgan fingerprint density at radius 2 is 2.25 bits per heavy atom. The van der Waals surface area contributed by atoms with Gasteiger partial charge in [-0.3, -0.25) is 9.78 Å². The number of nitrogens with zero attached hydrogens (tertiary/aromatic N) is 2. The fourth-order valence-electron chi connectivity index (χ4n) is 1.68. The van der Waals surface area contributed by atoms with Gasteiger partial charge in [-0.15, -0.1) is 11.3 Å². The molecule has 0 spiro atoms. The standard InChI is InChI=1S/C13H13N3O3S/c1-2-8-4-3-5-14-9(8)6-15-11(17)10-7-20-12(16-10)13(18)19/h3-5,7H,2,6H2,1H3,(H,15,17)(H,18,19). The van der Waals surface area contributed by atoms with Crippen LogP contribution < -0.4 is 5.32 Å². The highest BCUT2D eigenvalue weighted by Crippen LogP contribution is 2.10. The van der Waals surface area contributed by atoms with Crippen LogP contribution >= 0.6 is 11.3 Å². The van der Waals surface area contributed by atoms with E-state index < -0.39 is 11.9 Å². The van der Waals surface area contributed by atoms with Crippen molar-refractivity contribution in [2.24, 2.45) is 0 Å². The molecule has 0 fully saturated rings. The summed E-state index contributed by atoms with van der Waals surface area (Å²) in [6, 6.07) is 3.81. The predicted molar refractivity (Wildman–Crippen MR) is 73.9 cm³/mol. The summed E-state index contributed by atoms with van der Waals surface area (Å²) in [4.78, 5) is 30.5. The van der Waals surface area contributed by atoms with Crippen LogP contribution in [0.25, 0.3) is 0 Å². The molecule has 104 valence electrons. The van der Waals surface area contributed by atoms with Gasteiger partial charge in [-0.2, -0.15) is 0 Å². The van der Waals surface area contributed by atoms with Crippen LogP contribution in [0.5, 0.6) is 0 Å². The molecule has 2 aromatic heterocycles. The number of hydrogen-bond acceptors (Lipinski definition) is 5. The van der Waals surface area contributed by atoms with Crippen LogP contribution in [0.3, 0.4) is 0 Å².